The number of fused-ring (bicyclic) bond motifs is 2. The van der Waals surface area contributed by atoms with Gasteiger partial charge in [0, 0.05) is 6.54 Å². The highest BCUT2D eigenvalue weighted by molar-refractivity contribution is 5.99. The summed E-state index contributed by atoms with van der Waals surface area (Å²) >= 11 is 0. The Labute approximate surface area is 127 Å². The molecule has 0 radical (unpaired) electrons. The molecule has 0 atom stereocenters. The number of para-hydroxylation sites is 1. The van der Waals surface area contributed by atoms with Crippen LogP contribution in [-0.4, -0.2) is 17.4 Å². The minimum absolute atomic E-state index is 0.172. The van der Waals surface area contributed by atoms with Crippen molar-refractivity contribution in [2.45, 2.75) is 20.3 Å². The summed E-state index contributed by atoms with van der Waals surface area (Å²) in [6, 6.07) is 8.59. The Balaban J connectivity index is 2.24. The Bertz CT molecular complexity index is 928. The number of aryl methyl sites for hydroxylation is 1. The third-order valence-electron chi connectivity index (χ3n) is 3.54. The Hall–Kier alpha value is -2.69. The van der Waals surface area contributed by atoms with Crippen LogP contribution in [0.1, 0.15) is 29.4 Å². The fourth-order valence-electron chi connectivity index (χ4n) is 2.38. The second kappa shape index (κ2) is 5.60. The number of hydrogen-bond donors (Lipinski definition) is 1. The lowest BCUT2D eigenvalue weighted by Crippen LogP contribution is -2.25. The van der Waals surface area contributed by atoms with E-state index in [4.69, 9.17) is 4.42 Å². The van der Waals surface area contributed by atoms with Gasteiger partial charge < -0.3 is 9.73 Å². The molecule has 0 aliphatic heterocycles. The van der Waals surface area contributed by atoms with Crippen molar-refractivity contribution >= 4 is 28.0 Å². The molecule has 3 rings (SSSR count). The molecular formula is C17H16N2O3. The predicted octanol–water partition coefficient (Wildman–Crippen LogP) is 2.79. The standard InChI is InChI=1S/C17H16N2O3/c1-3-8-18-16(21)12-9-13-15(20)11-6-4-5-7-14(11)22-17(13)19-10(12)2/h4-7,9H,3,8H2,1-2H3,(H,18,21). The van der Waals surface area contributed by atoms with Crippen molar-refractivity contribution in [3.63, 3.8) is 0 Å². The van der Waals surface area contributed by atoms with Gasteiger partial charge in [-0.1, -0.05) is 19.1 Å². The average Bonchev–Trinajstić information content (AvgIpc) is 2.52. The minimum atomic E-state index is -0.221. The summed E-state index contributed by atoms with van der Waals surface area (Å²) in [6.45, 7) is 4.30. The smallest absolute Gasteiger partial charge is 0.253 e. The molecule has 0 aliphatic carbocycles. The first-order chi connectivity index (χ1) is 10.6. The van der Waals surface area contributed by atoms with Crippen LogP contribution in [0.15, 0.2) is 39.5 Å². The lowest BCUT2D eigenvalue weighted by Gasteiger charge is -2.08. The first kappa shape index (κ1) is 14.3. The van der Waals surface area contributed by atoms with Gasteiger partial charge in [0.1, 0.15) is 5.58 Å². The van der Waals surface area contributed by atoms with Crippen LogP contribution >= 0.6 is 0 Å². The van der Waals surface area contributed by atoms with E-state index in [1.807, 2.05) is 6.92 Å². The number of nitrogens with zero attached hydrogens (tertiary/aromatic N) is 1. The number of carbonyl (C=O) groups excluding carboxylic acids is 1. The highest BCUT2D eigenvalue weighted by atomic mass is 16.3. The summed E-state index contributed by atoms with van der Waals surface area (Å²) < 4.78 is 5.68. The van der Waals surface area contributed by atoms with Crippen molar-refractivity contribution in [3.8, 4) is 0 Å². The molecule has 2 heterocycles. The molecule has 2 aromatic heterocycles. The maximum atomic E-state index is 12.6. The van der Waals surface area contributed by atoms with E-state index < -0.39 is 0 Å². The fourth-order valence-corrected chi connectivity index (χ4v) is 2.38. The second-order valence-corrected chi connectivity index (χ2v) is 5.16. The SMILES string of the molecule is CCCNC(=O)c1cc2c(=O)c3ccccc3oc2nc1C. The molecule has 0 spiro atoms. The van der Waals surface area contributed by atoms with Crippen LogP contribution in [0, 0.1) is 6.92 Å². The van der Waals surface area contributed by atoms with E-state index >= 15 is 0 Å². The van der Waals surface area contributed by atoms with Crippen LogP contribution in [0.4, 0.5) is 0 Å². The van der Waals surface area contributed by atoms with Gasteiger partial charge in [0.05, 0.1) is 22.0 Å². The molecule has 0 saturated carbocycles. The summed E-state index contributed by atoms with van der Waals surface area (Å²) in [5.41, 5.74) is 1.53. The number of carbonyl (C=O) groups is 1. The summed E-state index contributed by atoms with van der Waals surface area (Å²) in [5.74, 6) is -0.221. The third kappa shape index (κ3) is 2.35. The highest BCUT2D eigenvalue weighted by Gasteiger charge is 2.15. The molecule has 1 amide bonds. The molecule has 22 heavy (non-hydrogen) atoms. The van der Waals surface area contributed by atoms with Gasteiger partial charge in [-0.3, -0.25) is 9.59 Å². The number of pyridine rings is 1. The Morgan fingerprint density at radius 2 is 2.05 bits per heavy atom. The lowest BCUT2D eigenvalue weighted by molar-refractivity contribution is 0.0953. The molecule has 112 valence electrons. The van der Waals surface area contributed by atoms with Crippen molar-refractivity contribution in [3.05, 3.63) is 51.8 Å². The van der Waals surface area contributed by atoms with Crippen molar-refractivity contribution in [1.82, 2.24) is 10.3 Å². The molecule has 1 aromatic carbocycles. The first-order valence-electron chi connectivity index (χ1n) is 7.23. The largest absolute Gasteiger partial charge is 0.437 e. The zero-order valence-corrected chi connectivity index (χ0v) is 12.5. The summed E-state index contributed by atoms with van der Waals surface area (Å²) in [6.07, 6.45) is 0.846. The van der Waals surface area contributed by atoms with E-state index in [-0.39, 0.29) is 17.0 Å². The minimum Gasteiger partial charge on any atom is -0.437 e. The number of nitrogens with one attached hydrogen (secondary N) is 1. The molecular weight excluding hydrogens is 280 g/mol. The molecule has 0 saturated heterocycles. The number of rotatable bonds is 3. The summed E-state index contributed by atoms with van der Waals surface area (Å²) in [4.78, 5) is 29.0. The van der Waals surface area contributed by atoms with Crippen LogP contribution in [0.2, 0.25) is 0 Å². The first-order valence-corrected chi connectivity index (χ1v) is 7.23. The van der Waals surface area contributed by atoms with Gasteiger partial charge in [-0.2, -0.15) is 0 Å². The Kier molecular flexibility index (Phi) is 3.63. The highest BCUT2D eigenvalue weighted by Crippen LogP contribution is 2.19. The van der Waals surface area contributed by atoms with Crippen molar-refractivity contribution in [2.75, 3.05) is 6.54 Å². The van der Waals surface area contributed by atoms with Gasteiger partial charge in [-0.15, -0.1) is 0 Å². The molecule has 3 aromatic rings. The van der Waals surface area contributed by atoms with Crippen LogP contribution < -0.4 is 10.7 Å². The zero-order valence-electron chi connectivity index (χ0n) is 12.5. The van der Waals surface area contributed by atoms with Crippen LogP contribution in [-0.2, 0) is 0 Å². The average molecular weight is 296 g/mol. The van der Waals surface area contributed by atoms with Gasteiger partial charge in [-0.25, -0.2) is 4.98 Å². The Morgan fingerprint density at radius 1 is 1.27 bits per heavy atom. The van der Waals surface area contributed by atoms with E-state index in [1.165, 1.54) is 0 Å². The molecule has 0 bridgehead atoms. The van der Waals surface area contributed by atoms with Crippen molar-refractivity contribution in [1.29, 1.82) is 0 Å². The van der Waals surface area contributed by atoms with Gasteiger partial charge in [0.25, 0.3) is 5.91 Å². The third-order valence-corrected chi connectivity index (χ3v) is 3.54. The van der Waals surface area contributed by atoms with Crippen molar-refractivity contribution < 1.29 is 9.21 Å². The van der Waals surface area contributed by atoms with E-state index in [0.29, 0.717) is 34.2 Å². The predicted molar refractivity (Wildman–Crippen MR) is 85.1 cm³/mol. The summed E-state index contributed by atoms with van der Waals surface area (Å²) in [5, 5.41) is 3.61. The zero-order chi connectivity index (χ0) is 15.7. The van der Waals surface area contributed by atoms with E-state index in [1.54, 1.807) is 37.3 Å². The molecule has 0 aliphatic rings. The Morgan fingerprint density at radius 3 is 2.82 bits per heavy atom. The van der Waals surface area contributed by atoms with Crippen LogP contribution in [0.5, 0.6) is 0 Å². The monoisotopic (exact) mass is 296 g/mol. The molecule has 1 N–H and O–H groups in total. The topological polar surface area (TPSA) is 72.2 Å². The molecule has 5 nitrogen and oxygen atoms in total. The van der Waals surface area contributed by atoms with Crippen LogP contribution in [0.3, 0.4) is 0 Å². The van der Waals surface area contributed by atoms with Gasteiger partial charge in [0.15, 0.2) is 0 Å². The number of benzene rings is 1. The number of amides is 1. The normalized spacial score (nSPS) is 11.0. The number of hydrogen-bond acceptors (Lipinski definition) is 4. The van der Waals surface area contributed by atoms with E-state index in [2.05, 4.69) is 10.3 Å². The van der Waals surface area contributed by atoms with Gasteiger partial charge in [-0.05, 0) is 31.5 Å². The van der Waals surface area contributed by atoms with Gasteiger partial charge in [0.2, 0.25) is 11.1 Å². The van der Waals surface area contributed by atoms with Crippen molar-refractivity contribution in [2.24, 2.45) is 0 Å². The summed E-state index contributed by atoms with van der Waals surface area (Å²) in [7, 11) is 0. The lowest BCUT2D eigenvalue weighted by atomic mass is 10.1. The van der Waals surface area contributed by atoms with Gasteiger partial charge >= 0.3 is 0 Å². The molecule has 5 heteroatoms. The van der Waals surface area contributed by atoms with E-state index in [9.17, 15) is 9.59 Å². The van der Waals surface area contributed by atoms with E-state index in [0.717, 1.165) is 6.42 Å². The maximum Gasteiger partial charge on any atom is 0.253 e. The molecule has 0 fully saturated rings. The quantitative estimate of drug-likeness (QED) is 0.754. The number of aromatic nitrogens is 1. The maximum absolute atomic E-state index is 12.6. The molecule has 0 unspecified atom stereocenters. The second-order valence-electron chi connectivity index (χ2n) is 5.16. The fraction of sp³-hybridized carbons (Fsp3) is 0.235. The van der Waals surface area contributed by atoms with Crippen LogP contribution in [0.25, 0.3) is 22.1 Å².